The molecule has 0 amide bonds. The number of ether oxygens (including phenoxy) is 1. The first-order valence-electron chi connectivity index (χ1n) is 5.13. The number of rotatable bonds is 3. The molecule has 0 aromatic heterocycles. The van der Waals surface area contributed by atoms with E-state index in [-0.39, 0.29) is 22.9 Å². The van der Waals surface area contributed by atoms with Crippen molar-refractivity contribution in [1.82, 2.24) is 0 Å². The Hall–Kier alpha value is -2.43. The largest absolute Gasteiger partial charge is 0.456 e. The fourth-order valence-corrected chi connectivity index (χ4v) is 1.46. The van der Waals surface area contributed by atoms with Crippen LogP contribution < -0.4 is 10.5 Å². The molecule has 0 spiro atoms. The predicted octanol–water partition coefficient (Wildman–Crippen LogP) is 3.04. The molecule has 0 aliphatic heterocycles. The smallest absolute Gasteiger partial charge is 0.138 e. The van der Waals surface area contributed by atoms with E-state index >= 15 is 0 Å². The average molecular weight is 248 g/mol. The van der Waals surface area contributed by atoms with Crippen LogP contribution in [0, 0.1) is 17.0 Å². The molecule has 3 N–H and O–H groups in total. The predicted molar refractivity (Wildman–Crippen MR) is 63.9 cm³/mol. The minimum atomic E-state index is -0.521. The van der Waals surface area contributed by atoms with Gasteiger partial charge in [0.2, 0.25) is 0 Å². The fourth-order valence-electron chi connectivity index (χ4n) is 1.46. The van der Waals surface area contributed by atoms with Gasteiger partial charge in [-0.15, -0.1) is 0 Å². The molecule has 0 radical (unpaired) electrons. The van der Waals surface area contributed by atoms with Crippen LogP contribution in [-0.4, -0.2) is 5.84 Å². The van der Waals surface area contributed by atoms with Gasteiger partial charge in [0.15, 0.2) is 0 Å². The van der Waals surface area contributed by atoms with E-state index in [0.717, 1.165) is 6.07 Å². The number of hydrogen-bond donors (Lipinski definition) is 2. The molecular formula is C13H10F2N2O. The van der Waals surface area contributed by atoms with Crippen molar-refractivity contribution in [3.05, 3.63) is 59.7 Å². The van der Waals surface area contributed by atoms with Crippen molar-refractivity contribution in [2.45, 2.75) is 0 Å². The second kappa shape index (κ2) is 4.83. The van der Waals surface area contributed by atoms with E-state index < -0.39 is 11.6 Å². The van der Waals surface area contributed by atoms with Crippen molar-refractivity contribution in [1.29, 1.82) is 5.41 Å². The van der Waals surface area contributed by atoms with Crippen LogP contribution in [-0.2, 0) is 0 Å². The van der Waals surface area contributed by atoms with E-state index in [1.807, 2.05) is 0 Å². The molecule has 0 aliphatic carbocycles. The minimum Gasteiger partial charge on any atom is -0.456 e. The van der Waals surface area contributed by atoms with Gasteiger partial charge in [-0.3, -0.25) is 5.41 Å². The Morgan fingerprint density at radius 2 is 1.78 bits per heavy atom. The fraction of sp³-hybridized carbons (Fsp3) is 0. The molecule has 3 nitrogen and oxygen atoms in total. The van der Waals surface area contributed by atoms with Crippen molar-refractivity contribution in [2.75, 3.05) is 0 Å². The third-order valence-corrected chi connectivity index (χ3v) is 2.26. The lowest BCUT2D eigenvalue weighted by atomic mass is 10.2. The standard InChI is InChI=1S/C13H10F2N2O/c14-8-2-1-3-10(6-8)18-12-5-4-9(15)7-11(12)13(16)17/h1-7H,(H3,16,17). The average Bonchev–Trinajstić information content (AvgIpc) is 2.31. The third-order valence-electron chi connectivity index (χ3n) is 2.26. The zero-order valence-corrected chi connectivity index (χ0v) is 9.28. The summed E-state index contributed by atoms with van der Waals surface area (Å²) in [6.45, 7) is 0. The monoisotopic (exact) mass is 248 g/mol. The lowest BCUT2D eigenvalue weighted by Gasteiger charge is -2.10. The lowest BCUT2D eigenvalue weighted by molar-refractivity contribution is 0.473. The Kier molecular flexibility index (Phi) is 3.23. The zero-order valence-electron chi connectivity index (χ0n) is 9.28. The van der Waals surface area contributed by atoms with Gasteiger partial charge in [0.05, 0.1) is 5.56 Å². The Morgan fingerprint density at radius 3 is 2.44 bits per heavy atom. The molecule has 0 saturated carbocycles. The summed E-state index contributed by atoms with van der Waals surface area (Å²) in [4.78, 5) is 0. The highest BCUT2D eigenvalue weighted by molar-refractivity contribution is 5.97. The van der Waals surface area contributed by atoms with Crippen molar-refractivity contribution < 1.29 is 13.5 Å². The van der Waals surface area contributed by atoms with Gasteiger partial charge < -0.3 is 10.5 Å². The Labute approximate surface area is 102 Å². The summed E-state index contributed by atoms with van der Waals surface area (Å²) >= 11 is 0. The van der Waals surface area contributed by atoms with E-state index in [9.17, 15) is 8.78 Å². The van der Waals surface area contributed by atoms with Crippen LogP contribution in [0.4, 0.5) is 8.78 Å². The first-order valence-corrected chi connectivity index (χ1v) is 5.13. The van der Waals surface area contributed by atoms with E-state index in [4.69, 9.17) is 15.9 Å². The molecule has 0 saturated heterocycles. The Bertz CT molecular complexity index is 599. The van der Waals surface area contributed by atoms with E-state index in [0.29, 0.717) is 0 Å². The molecule has 0 unspecified atom stereocenters. The molecule has 2 aromatic rings. The SMILES string of the molecule is N=C(N)c1cc(F)ccc1Oc1cccc(F)c1. The number of benzene rings is 2. The summed E-state index contributed by atoms with van der Waals surface area (Å²) in [6, 6.07) is 9.13. The highest BCUT2D eigenvalue weighted by Crippen LogP contribution is 2.26. The van der Waals surface area contributed by atoms with Gasteiger partial charge >= 0.3 is 0 Å². The van der Waals surface area contributed by atoms with Crippen LogP contribution >= 0.6 is 0 Å². The molecule has 5 heteroatoms. The van der Waals surface area contributed by atoms with Gasteiger partial charge in [-0.1, -0.05) is 6.07 Å². The summed E-state index contributed by atoms with van der Waals surface area (Å²) in [5, 5.41) is 7.34. The molecule has 92 valence electrons. The molecule has 0 atom stereocenters. The quantitative estimate of drug-likeness (QED) is 0.647. The van der Waals surface area contributed by atoms with Crippen molar-refractivity contribution in [2.24, 2.45) is 5.73 Å². The Morgan fingerprint density at radius 1 is 1.06 bits per heavy atom. The normalized spacial score (nSPS) is 10.1. The maximum atomic E-state index is 13.0. The van der Waals surface area contributed by atoms with Gasteiger partial charge in [-0.2, -0.15) is 0 Å². The molecule has 18 heavy (non-hydrogen) atoms. The third kappa shape index (κ3) is 2.63. The van der Waals surface area contributed by atoms with E-state index in [1.54, 1.807) is 6.07 Å². The van der Waals surface area contributed by atoms with Crippen molar-refractivity contribution in [3.8, 4) is 11.5 Å². The van der Waals surface area contributed by atoms with Crippen LogP contribution in [0.3, 0.4) is 0 Å². The van der Waals surface area contributed by atoms with Gasteiger partial charge in [0.25, 0.3) is 0 Å². The highest BCUT2D eigenvalue weighted by Gasteiger charge is 2.09. The summed E-state index contributed by atoms with van der Waals surface area (Å²) in [7, 11) is 0. The van der Waals surface area contributed by atoms with Crippen LogP contribution in [0.5, 0.6) is 11.5 Å². The second-order valence-corrected chi connectivity index (χ2v) is 3.61. The lowest BCUT2D eigenvalue weighted by Crippen LogP contribution is -2.12. The number of hydrogen-bond acceptors (Lipinski definition) is 2. The molecule has 0 bridgehead atoms. The summed E-state index contributed by atoms with van der Waals surface area (Å²) < 4.78 is 31.4. The maximum Gasteiger partial charge on any atom is 0.138 e. The highest BCUT2D eigenvalue weighted by atomic mass is 19.1. The van der Waals surface area contributed by atoms with Gasteiger partial charge in [-0.25, -0.2) is 8.78 Å². The van der Waals surface area contributed by atoms with Gasteiger partial charge in [0.1, 0.15) is 29.0 Å². The number of nitrogens with two attached hydrogens (primary N) is 1. The molecule has 2 aromatic carbocycles. The summed E-state index contributed by atoms with van der Waals surface area (Å²) in [6.07, 6.45) is 0. The van der Waals surface area contributed by atoms with Crippen molar-refractivity contribution >= 4 is 5.84 Å². The zero-order chi connectivity index (χ0) is 13.1. The molecule has 0 fully saturated rings. The number of nitrogen functional groups attached to an aromatic ring is 1. The summed E-state index contributed by atoms with van der Waals surface area (Å²) in [5.74, 6) is -0.828. The Balaban J connectivity index is 2.37. The molecule has 2 rings (SSSR count). The van der Waals surface area contributed by atoms with Gasteiger partial charge in [0, 0.05) is 6.07 Å². The topological polar surface area (TPSA) is 59.1 Å². The first kappa shape index (κ1) is 12.0. The minimum absolute atomic E-state index is 0.124. The van der Waals surface area contributed by atoms with Crippen LogP contribution in [0.2, 0.25) is 0 Å². The maximum absolute atomic E-state index is 13.0. The first-order chi connectivity index (χ1) is 8.56. The molecule has 0 heterocycles. The van der Waals surface area contributed by atoms with Crippen LogP contribution in [0.25, 0.3) is 0 Å². The van der Waals surface area contributed by atoms with Gasteiger partial charge in [-0.05, 0) is 30.3 Å². The summed E-state index contributed by atoms with van der Waals surface area (Å²) in [5.41, 5.74) is 5.45. The molecular weight excluding hydrogens is 238 g/mol. The van der Waals surface area contributed by atoms with Crippen LogP contribution in [0.1, 0.15) is 5.56 Å². The van der Waals surface area contributed by atoms with E-state index in [1.165, 1.54) is 30.3 Å². The number of nitrogens with one attached hydrogen (secondary N) is 1. The van der Waals surface area contributed by atoms with Crippen molar-refractivity contribution in [3.63, 3.8) is 0 Å². The van der Waals surface area contributed by atoms with Crippen LogP contribution in [0.15, 0.2) is 42.5 Å². The molecule has 0 aliphatic rings. The van der Waals surface area contributed by atoms with E-state index in [2.05, 4.69) is 0 Å². The number of halogens is 2. The second-order valence-electron chi connectivity index (χ2n) is 3.61. The number of amidine groups is 1.